The Kier molecular flexibility index (Phi) is 4.46. The molecule has 6 nitrogen and oxygen atoms in total. The number of benzene rings is 1. The Labute approximate surface area is 139 Å². The number of piperazine rings is 1. The first-order valence-electron chi connectivity index (χ1n) is 7.86. The fourth-order valence-electron chi connectivity index (χ4n) is 2.74. The van der Waals surface area contributed by atoms with Gasteiger partial charge in [-0.1, -0.05) is 18.2 Å². The third-order valence-electron chi connectivity index (χ3n) is 4.23. The Morgan fingerprint density at radius 2 is 1.38 bits per heavy atom. The minimum absolute atomic E-state index is 0.0173. The summed E-state index contributed by atoms with van der Waals surface area (Å²) in [5, 5.41) is 0. The predicted octanol–water partition coefficient (Wildman–Crippen LogP) is 0.983. The van der Waals surface area contributed by atoms with Crippen LogP contribution < -0.4 is 5.56 Å². The highest BCUT2D eigenvalue weighted by Crippen LogP contribution is 2.11. The van der Waals surface area contributed by atoms with E-state index in [2.05, 4.69) is 0 Å². The van der Waals surface area contributed by atoms with Gasteiger partial charge in [0.15, 0.2) is 0 Å². The van der Waals surface area contributed by atoms with Crippen LogP contribution in [0.2, 0.25) is 0 Å². The lowest BCUT2D eigenvalue weighted by Gasteiger charge is -2.34. The van der Waals surface area contributed by atoms with E-state index in [0.29, 0.717) is 37.3 Å². The van der Waals surface area contributed by atoms with Gasteiger partial charge >= 0.3 is 0 Å². The molecule has 124 valence electrons. The average Bonchev–Trinajstić information content (AvgIpc) is 2.63. The summed E-state index contributed by atoms with van der Waals surface area (Å²) in [6, 6.07) is 12.1. The molecule has 1 saturated heterocycles. The van der Waals surface area contributed by atoms with Gasteiger partial charge in [-0.15, -0.1) is 0 Å². The molecule has 0 saturated carbocycles. The molecule has 6 heteroatoms. The van der Waals surface area contributed by atoms with Gasteiger partial charge in [-0.05, 0) is 18.2 Å². The van der Waals surface area contributed by atoms with Crippen molar-refractivity contribution in [1.82, 2.24) is 14.4 Å². The second-order valence-electron chi connectivity index (χ2n) is 5.81. The Balaban J connectivity index is 1.64. The maximum Gasteiger partial charge on any atom is 0.254 e. The molecule has 24 heavy (non-hydrogen) atoms. The summed E-state index contributed by atoms with van der Waals surface area (Å²) in [5.74, 6) is -0.184. The zero-order valence-corrected chi connectivity index (χ0v) is 13.5. The van der Waals surface area contributed by atoms with Crippen molar-refractivity contribution in [3.8, 4) is 0 Å². The molecule has 3 rings (SSSR count). The number of aryl methyl sites for hydroxylation is 1. The van der Waals surface area contributed by atoms with Crippen LogP contribution in [0.3, 0.4) is 0 Å². The van der Waals surface area contributed by atoms with E-state index in [1.807, 2.05) is 18.2 Å². The van der Waals surface area contributed by atoms with Crippen LogP contribution in [0, 0.1) is 0 Å². The van der Waals surface area contributed by atoms with Gasteiger partial charge in [0.2, 0.25) is 0 Å². The summed E-state index contributed by atoms with van der Waals surface area (Å²) in [7, 11) is 1.64. The first kappa shape index (κ1) is 16.0. The normalized spacial score (nSPS) is 14.5. The van der Waals surface area contributed by atoms with Gasteiger partial charge in [0, 0.05) is 56.6 Å². The number of carbonyl (C=O) groups excluding carboxylic acids is 2. The average molecular weight is 325 g/mol. The van der Waals surface area contributed by atoms with Crippen molar-refractivity contribution in [2.45, 2.75) is 0 Å². The monoisotopic (exact) mass is 325 g/mol. The summed E-state index contributed by atoms with van der Waals surface area (Å²) >= 11 is 0. The van der Waals surface area contributed by atoms with E-state index in [1.54, 1.807) is 41.2 Å². The molecule has 1 aromatic carbocycles. The molecule has 1 aliphatic rings. The zero-order chi connectivity index (χ0) is 17.1. The molecule has 1 aromatic heterocycles. The van der Waals surface area contributed by atoms with Gasteiger partial charge < -0.3 is 14.4 Å². The largest absolute Gasteiger partial charge is 0.335 e. The van der Waals surface area contributed by atoms with E-state index >= 15 is 0 Å². The van der Waals surface area contributed by atoms with Crippen molar-refractivity contribution in [2.75, 3.05) is 26.2 Å². The van der Waals surface area contributed by atoms with Crippen molar-refractivity contribution in [3.05, 3.63) is 70.1 Å². The smallest absolute Gasteiger partial charge is 0.254 e. The molecular formula is C18H19N3O3. The molecule has 0 spiro atoms. The molecule has 0 N–H and O–H groups in total. The number of rotatable bonds is 2. The third-order valence-corrected chi connectivity index (χ3v) is 4.23. The van der Waals surface area contributed by atoms with Crippen LogP contribution in [-0.4, -0.2) is 52.4 Å². The maximum atomic E-state index is 12.5. The van der Waals surface area contributed by atoms with Gasteiger partial charge in [0.05, 0.1) is 0 Å². The van der Waals surface area contributed by atoms with E-state index in [0.717, 1.165) is 0 Å². The summed E-state index contributed by atoms with van der Waals surface area (Å²) in [6.45, 7) is 1.91. The van der Waals surface area contributed by atoms with Gasteiger partial charge in [0.25, 0.3) is 17.4 Å². The lowest BCUT2D eigenvalue weighted by molar-refractivity contribution is 0.0535. The first-order chi connectivity index (χ1) is 11.6. The van der Waals surface area contributed by atoms with Gasteiger partial charge in [-0.2, -0.15) is 0 Å². The highest BCUT2D eigenvalue weighted by molar-refractivity contribution is 5.95. The molecule has 2 amide bonds. The second-order valence-corrected chi connectivity index (χ2v) is 5.81. The highest BCUT2D eigenvalue weighted by Gasteiger charge is 2.25. The lowest BCUT2D eigenvalue weighted by Crippen LogP contribution is -2.50. The van der Waals surface area contributed by atoms with E-state index < -0.39 is 0 Å². The third kappa shape index (κ3) is 3.22. The molecule has 0 aliphatic carbocycles. The number of carbonyl (C=O) groups is 2. The maximum absolute atomic E-state index is 12.5. The van der Waals surface area contributed by atoms with E-state index in [1.165, 1.54) is 10.6 Å². The molecule has 2 heterocycles. The van der Waals surface area contributed by atoms with Crippen LogP contribution >= 0.6 is 0 Å². The number of pyridine rings is 1. The summed E-state index contributed by atoms with van der Waals surface area (Å²) in [5.41, 5.74) is 0.837. The van der Waals surface area contributed by atoms with Crippen molar-refractivity contribution in [1.29, 1.82) is 0 Å². The molecule has 2 aromatic rings. The van der Waals surface area contributed by atoms with Gasteiger partial charge in [-0.3, -0.25) is 14.4 Å². The van der Waals surface area contributed by atoms with Crippen LogP contribution in [0.5, 0.6) is 0 Å². The number of nitrogens with zero attached hydrogens (tertiary/aromatic N) is 3. The van der Waals surface area contributed by atoms with E-state index in [-0.39, 0.29) is 17.4 Å². The van der Waals surface area contributed by atoms with Crippen molar-refractivity contribution in [3.63, 3.8) is 0 Å². The molecule has 1 fully saturated rings. The van der Waals surface area contributed by atoms with Gasteiger partial charge in [-0.25, -0.2) is 0 Å². The standard InChI is InChI=1S/C18H19N3O3/c1-19-8-7-15(13-16(19)22)18(24)21-11-9-20(10-12-21)17(23)14-5-3-2-4-6-14/h2-8,13H,9-12H2,1H3. The number of amides is 2. The molecule has 0 radical (unpaired) electrons. The fraction of sp³-hybridized carbons (Fsp3) is 0.278. The van der Waals surface area contributed by atoms with Crippen molar-refractivity contribution < 1.29 is 9.59 Å². The Hall–Kier alpha value is -2.89. The quantitative estimate of drug-likeness (QED) is 0.827. The summed E-state index contributed by atoms with van der Waals surface area (Å²) in [6.07, 6.45) is 1.59. The zero-order valence-electron chi connectivity index (χ0n) is 13.5. The van der Waals surface area contributed by atoms with Crippen LogP contribution in [0.15, 0.2) is 53.5 Å². The second kappa shape index (κ2) is 6.70. The SMILES string of the molecule is Cn1ccc(C(=O)N2CCN(C(=O)c3ccccc3)CC2)cc1=O. The minimum Gasteiger partial charge on any atom is -0.335 e. The summed E-state index contributed by atoms with van der Waals surface area (Å²) < 4.78 is 1.42. The minimum atomic E-state index is -0.209. The van der Waals surface area contributed by atoms with E-state index in [4.69, 9.17) is 0 Å². The number of aromatic nitrogens is 1. The number of hydrogen-bond donors (Lipinski definition) is 0. The van der Waals surface area contributed by atoms with Crippen LogP contribution in [0.1, 0.15) is 20.7 Å². The van der Waals surface area contributed by atoms with Crippen LogP contribution in [0.4, 0.5) is 0 Å². The predicted molar refractivity (Wildman–Crippen MR) is 89.9 cm³/mol. The van der Waals surface area contributed by atoms with Crippen LogP contribution in [0.25, 0.3) is 0 Å². The van der Waals surface area contributed by atoms with Crippen LogP contribution in [-0.2, 0) is 7.05 Å². The van der Waals surface area contributed by atoms with Crippen molar-refractivity contribution >= 4 is 11.8 Å². The lowest BCUT2D eigenvalue weighted by atomic mass is 10.1. The van der Waals surface area contributed by atoms with E-state index in [9.17, 15) is 14.4 Å². The Morgan fingerprint density at radius 1 is 0.833 bits per heavy atom. The molecular weight excluding hydrogens is 306 g/mol. The van der Waals surface area contributed by atoms with Gasteiger partial charge in [0.1, 0.15) is 0 Å². The first-order valence-corrected chi connectivity index (χ1v) is 7.86. The Morgan fingerprint density at radius 3 is 1.92 bits per heavy atom. The summed E-state index contributed by atoms with van der Waals surface area (Å²) in [4.78, 5) is 40.0. The topological polar surface area (TPSA) is 62.6 Å². The highest BCUT2D eigenvalue weighted by atomic mass is 16.2. The molecule has 0 bridgehead atoms. The fourth-order valence-corrected chi connectivity index (χ4v) is 2.74. The Bertz CT molecular complexity index is 806. The molecule has 1 aliphatic heterocycles. The number of hydrogen-bond acceptors (Lipinski definition) is 3. The van der Waals surface area contributed by atoms with Crippen molar-refractivity contribution in [2.24, 2.45) is 7.05 Å². The molecule has 0 unspecified atom stereocenters. The molecule has 0 atom stereocenters.